The van der Waals surface area contributed by atoms with Gasteiger partial charge in [-0.15, -0.1) is 0 Å². The molecule has 0 spiro atoms. The monoisotopic (exact) mass is 323 g/mol. The van der Waals surface area contributed by atoms with E-state index in [9.17, 15) is 5.26 Å². The third-order valence-corrected chi connectivity index (χ3v) is 3.85. The Hall–Kier alpha value is -2.84. The molecule has 3 aromatic rings. The normalized spacial score (nSPS) is 10.3. The molecule has 1 aromatic carbocycles. The highest BCUT2D eigenvalue weighted by Gasteiger charge is 2.13. The zero-order chi connectivity index (χ0) is 16.4. The number of hydrogen-bond donors (Lipinski definition) is 1. The maximum Gasteiger partial charge on any atom is 0.142 e. The van der Waals surface area contributed by atoms with Crippen LogP contribution < -0.4 is 5.32 Å². The molecule has 0 unspecified atom stereocenters. The maximum atomic E-state index is 9.46. The number of aryl methyl sites for hydroxylation is 1. The molecule has 6 heteroatoms. The molecule has 2 heterocycles. The van der Waals surface area contributed by atoms with Crippen molar-refractivity contribution in [1.29, 1.82) is 5.26 Å². The molecule has 0 atom stereocenters. The molecule has 0 fully saturated rings. The van der Waals surface area contributed by atoms with Gasteiger partial charge in [-0.1, -0.05) is 17.7 Å². The lowest BCUT2D eigenvalue weighted by molar-refractivity contribution is 0.982. The third kappa shape index (κ3) is 2.89. The molecule has 23 heavy (non-hydrogen) atoms. The van der Waals surface area contributed by atoms with Crippen LogP contribution in [0.3, 0.4) is 0 Å². The van der Waals surface area contributed by atoms with Crippen LogP contribution >= 0.6 is 11.6 Å². The number of nitrogens with zero attached hydrogens (tertiary/aromatic N) is 4. The summed E-state index contributed by atoms with van der Waals surface area (Å²) in [6, 6.07) is 9.71. The fourth-order valence-corrected chi connectivity index (χ4v) is 2.57. The van der Waals surface area contributed by atoms with Crippen molar-refractivity contribution in [2.24, 2.45) is 0 Å². The van der Waals surface area contributed by atoms with E-state index in [-0.39, 0.29) is 0 Å². The van der Waals surface area contributed by atoms with Crippen molar-refractivity contribution in [3.05, 3.63) is 59.1 Å². The minimum atomic E-state index is 0.569. The highest BCUT2D eigenvalue weighted by Crippen LogP contribution is 2.30. The first-order valence-corrected chi connectivity index (χ1v) is 7.39. The van der Waals surface area contributed by atoms with Crippen molar-refractivity contribution >= 4 is 17.4 Å². The molecule has 2 aromatic heterocycles. The zero-order valence-corrected chi connectivity index (χ0v) is 13.5. The van der Waals surface area contributed by atoms with Crippen LogP contribution in [0.25, 0.3) is 16.9 Å². The van der Waals surface area contributed by atoms with Crippen LogP contribution in [0.4, 0.5) is 5.82 Å². The summed E-state index contributed by atoms with van der Waals surface area (Å²) in [5, 5.41) is 13.1. The van der Waals surface area contributed by atoms with Crippen molar-refractivity contribution in [3.63, 3.8) is 0 Å². The minimum absolute atomic E-state index is 0.569. The van der Waals surface area contributed by atoms with Crippen LogP contribution in [-0.2, 0) is 0 Å². The Bertz CT molecular complexity index is 908. The van der Waals surface area contributed by atoms with Gasteiger partial charge in [-0.3, -0.25) is 0 Å². The summed E-state index contributed by atoms with van der Waals surface area (Å²) in [4.78, 5) is 8.36. The standard InChI is InChI=1S/C17H14ClN5/c1-11-3-4-13(18)5-14(11)15-9-23(8-12(15)7-19)17-6-16(20-2)21-10-22-17/h3-6,8-10H,1-2H3,(H,20,21,22). The van der Waals surface area contributed by atoms with Gasteiger partial charge in [0.2, 0.25) is 0 Å². The second-order valence-corrected chi connectivity index (χ2v) is 5.51. The molecule has 1 N–H and O–H groups in total. The number of nitrogens with one attached hydrogen (secondary N) is 1. The summed E-state index contributed by atoms with van der Waals surface area (Å²) in [5.74, 6) is 1.40. The number of anilines is 1. The van der Waals surface area contributed by atoms with Gasteiger partial charge < -0.3 is 9.88 Å². The largest absolute Gasteiger partial charge is 0.373 e. The van der Waals surface area contributed by atoms with E-state index in [1.165, 1.54) is 6.33 Å². The van der Waals surface area contributed by atoms with E-state index in [2.05, 4.69) is 21.4 Å². The molecule has 0 aliphatic rings. The summed E-state index contributed by atoms with van der Waals surface area (Å²) in [6.07, 6.45) is 5.13. The second-order valence-electron chi connectivity index (χ2n) is 5.08. The first kappa shape index (κ1) is 15.1. The molecule has 0 bridgehead atoms. The van der Waals surface area contributed by atoms with Crippen molar-refractivity contribution in [2.75, 3.05) is 12.4 Å². The van der Waals surface area contributed by atoms with Crippen LogP contribution in [-0.4, -0.2) is 21.6 Å². The molecule has 0 saturated carbocycles. The highest BCUT2D eigenvalue weighted by molar-refractivity contribution is 6.30. The number of halogens is 1. The summed E-state index contributed by atoms with van der Waals surface area (Å²) >= 11 is 6.11. The van der Waals surface area contributed by atoms with E-state index in [1.807, 2.05) is 42.0 Å². The van der Waals surface area contributed by atoms with Gasteiger partial charge in [-0.05, 0) is 30.2 Å². The quantitative estimate of drug-likeness (QED) is 0.796. The van der Waals surface area contributed by atoms with E-state index in [1.54, 1.807) is 13.2 Å². The highest BCUT2D eigenvalue weighted by atomic mass is 35.5. The fraction of sp³-hybridized carbons (Fsp3) is 0.118. The van der Waals surface area contributed by atoms with Crippen molar-refractivity contribution in [3.8, 4) is 23.0 Å². The zero-order valence-electron chi connectivity index (χ0n) is 12.7. The third-order valence-electron chi connectivity index (χ3n) is 3.61. The molecule has 0 radical (unpaired) electrons. The average molecular weight is 324 g/mol. The van der Waals surface area contributed by atoms with E-state index in [0.717, 1.165) is 16.7 Å². The van der Waals surface area contributed by atoms with Gasteiger partial charge in [0.15, 0.2) is 0 Å². The van der Waals surface area contributed by atoms with Gasteiger partial charge >= 0.3 is 0 Å². The smallest absolute Gasteiger partial charge is 0.142 e. The number of benzene rings is 1. The summed E-state index contributed by atoms with van der Waals surface area (Å²) in [6.45, 7) is 1.99. The van der Waals surface area contributed by atoms with Crippen LogP contribution in [0, 0.1) is 18.3 Å². The molecule has 5 nitrogen and oxygen atoms in total. The second kappa shape index (κ2) is 6.11. The fourth-order valence-electron chi connectivity index (χ4n) is 2.40. The van der Waals surface area contributed by atoms with Gasteiger partial charge in [0.1, 0.15) is 24.0 Å². The molecule has 0 aliphatic heterocycles. The summed E-state index contributed by atoms with van der Waals surface area (Å²) in [5.41, 5.74) is 3.40. The van der Waals surface area contributed by atoms with E-state index >= 15 is 0 Å². The Morgan fingerprint density at radius 2 is 2.00 bits per heavy atom. The van der Waals surface area contributed by atoms with E-state index in [4.69, 9.17) is 11.6 Å². The van der Waals surface area contributed by atoms with Crippen LogP contribution in [0.15, 0.2) is 43.0 Å². The van der Waals surface area contributed by atoms with Gasteiger partial charge in [0.25, 0.3) is 0 Å². The van der Waals surface area contributed by atoms with Crippen LogP contribution in [0.5, 0.6) is 0 Å². The SMILES string of the molecule is CNc1cc(-n2cc(C#N)c(-c3cc(Cl)ccc3C)c2)ncn1. The predicted molar refractivity (Wildman–Crippen MR) is 90.8 cm³/mol. The lowest BCUT2D eigenvalue weighted by atomic mass is 10.0. The van der Waals surface area contributed by atoms with Gasteiger partial charge in [0.05, 0.1) is 5.56 Å². The first-order valence-electron chi connectivity index (χ1n) is 7.01. The van der Waals surface area contributed by atoms with E-state index in [0.29, 0.717) is 22.2 Å². The van der Waals surface area contributed by atoms with Crippen molar-refractivity contribution in [2.45, 2.75) is 6.92 Å². The van der Waals surface area contributed by atoms with E-state index < -0.39 is 0 Å². The lowest BCUT2D eigenvalue weighted by Crippen LogP contribution is -1.98. The van der Waals surface area contributed by atoms with Crippen LogP contribution in [0.1, 0.15) is 11.1 Å². The van der Waals surface area contributed by atoms with Gasteiger partial charge in [-0.25, -0.2) is 9.97 Å². The first-order chi connectivity index (χ1) is 11.1. The Kier molecular flexibility index (Phi) is 4.00. The molecular weight excluding hydrogens is 310 g/mol. The Morgan fingerprint density at radius 1 is 1.17 bits per heavy atom. The molecule has 114 valence electrons. The molecule has 0 saturated heterocycles. The van der Waals surface area contributed by atoms with Crippen LogP contribution in [0.2, 0.25) is 5.02 Å². The Balaban J connectivity index is 2.15. The Labute approximate surface area is 139 Å². The van der Waals surface area contributed by atoms with Gasteiger partial charge in [-0.2, -0.15) is 5.26 Å². The number of nitriles is 1. The van der Waals surface area contributed by atoms with Crippen molar-refractivity contribution < 1.29 is 0 Å². The maximum absolute atomic E-state index is 9.46. The summed E-state index contributed by atoms with van der Waals surface area (Å²) < 4.78 is 1.82. The molecular formula is C17H14ClN5. The predicted octanol–water partition coefficient (Wildman–Crippen LogP) is 3.81. The average Bonchev–Trinajstić information content (AvgIpc) is 3.01. The molecule has 0 aliphatic carbocycles. The van der Waals surface area contributed by atoms with Gasteiger partial charge in [0, 0.05) is 36.1 Å². The minimum Gasteiger partial charge on any atom is -0.373 e. The van der Waals surface area contributed by atoms with Crippen molar-refractivity contribution in [1.82, 2.24) is 14.5 Å². The Morgan fingerprint density at radius 3 is 2.74 bits per heavy atom. The summed E-state index contributed by atoms with van der Waals surface area (Å²) in [7, 11) is 1.79. The molecule has 3 rings (SSSR count). The number of aromatic nitrogens is 3. The topological polar surface area (TPSA) is 66.5 Å². The number of rotatable bonds is 3. The lowest BCUT2D eigenvalue weighted by Gasteiger charge is -2.05. The molecule has 0 amide bonds. The number of hydrogen-bond acceptors (Lipinski definition) is 4.